The van der Waals surface area contributed by atoms with Crippen LogP contribution in [0.3, 0.4) is 0 Å². The van der Waals surface area contributed by atoms with E-state index >= 15 is 0 Å². The predicted octanol–water partition coefficient (Wildman–Crippen LogP) is 4.02. The minimum atomic E-state index is -0.935. The summed E-state index contributed by atoms with van der Waals surface area (Å²) in [6.07, 6.45) is 4.93. The lowest BCUT2D eigenvalue weighted by Crippen LogP contribution is -2.54. The third-order valence-electron chi connectivity index (χ3n) is 7.22. The Hall–Kier alpha value is -3.81. The van der Waals surface area contributed by atoms with E-state index in [0.717, 1.165) is 5.56 Å². The fourth-order valence-electron chi connectivity index (χ4n) is 5.26. The molecule has 8 heteroatoms. The van der Waals surface area contributed by atoms with E-state index in [1.807, 2.05) is 63.3 Å². The fourth-order valence-corrected chi connectivity index (χ4v) is 5.26. The molecule has 4 rings (SSSR count). The van der Waals surface area contributed by atoms with E-state index in [4.69, 9.17) is 0 Å². The zero-order valence-corrected chi connectivity index (χ0v) is 22.7. The molecule has 0 bridgehead atoms. The third-order valence-corrected chi connectivity index (χ3v) is 7.22. The SMILES string of the molecule is CC(C)(C)NC(=O)C(Cc1ccccc1)N(Cc1ccccc1F)C(=O)CCN1C(=O)[C@H]2CC=CC[C@H]2C1=O. The van der Waals surface area contributed by atoms with Crippen LogP contribution in [0, 0.1) is 17.7 Å². The van der Waals surface area contributed by atoms with Crippen molar-refractivity contribution in [2.45, 2.75) is 64.6 Å². The number of imide groups is 1. The summed E-state index contributed by atoms with van der Waals surface area (Å²) in [4.78, 5) is 55.8. The van der Waals surface area contributed by atoms with Crippen molar-refractivity contribution in [3.05, 3.63) is 83.7 Å². The number of hydrogen-bond acceptors (Lipinski definition) is 4. The van der Waals surface area contributed by atoms with E-state index in [0.29, 0.717) is 12.8 Å². The molecule has 4 amide bonds. The van der Waals surface area contributed by atoms with E-state index < -0.39 is 23.3 Å². The van der Waals surface area contributed by atoms with Gasteiger partial charge in [0.25, 0.3) is 0 Å². The summed E-state index contributed by atoms with van der Waals surface area (Å²) in [5, 5.41) is 2.97. The number of likely N-dealkylation sites (tertiary alicyclic amines) is 1. The molecule has 1 unspecified atom stereocenters. The number of allylic oxidation sites excluding steroid dienone is 2. The zero-order chi connectivity index (χ0) is 28.2. The van der Waals surface area contributed by atoms with Gasteiger partial charge in [-0.15, -0.1) is 0 Å². The lowest BCUT2D eigenvalue weighted by molar-refractivity contribution is -0.144. The highest BCUT2D eigenvalue weighted by molar-refractivity contribution is 6.05. The maximum Gasteiger partial charge on any atom is 0.243 e. The highest BCUT2D eigenvalue weighted by atomic mass is 19.1. The number of carbonyl (C=O) groups is 4. The Kier molecular flexibility index (Phi) is 8.63. The van der Waals surface area contributed by atoms with Gasteiger partial charge in [0.2, 0.25) is 23.6 Å². The van der Waals surface area contributed by atoms with Crippen molar-refractivity contribution < 1.29 is 23.6 Å². The molecular formula is C31H36FN3O4. The molecule has 1 heterocycles. The van der Waals surface area contributed by atoms with Gasteiger partial charge in [0.05, 0.1) is 11.8 Å². The number of nitrogens with one attached hydrogen (secondary N) is 1. The fraction of sp³-hybridized carbons (Fsp3) is 0.419. The number of amides is 4. The number of rotatable bonds is 9. The summed E-state index contributed by atoms with van der Waals surface area (Å²) >= 11 is 0. The van der Waals surface area contributed by atoms with Gasteiger partial charge >= 0.3 is 0 Å². The minimum Gasteiger partial charge on any atom is -0.350 e. The van der Waals surface area contributed by atoms with E-state index in [-0.39, 0.29) is 61.1 Å². The third kappa shape index (κ3) is 6.80. The second-order valence-corrected chi connectivity index (χ2v) is 11.3. The van der Waals surface area contributed by atoms with Crippen LogP contribution in [0.5, 0.6) is 0 Å². The van der Waals surface area contributed by atoms with Crippen molar-refractivity contribution in [2.24, 2.45) is 11.8 Å². The largest absolute Gasteiger partial charge is 0.350 e. The van der Waals surface area contributed by atoms with Gasteiger partial charge in [-0.1, -0.05) is 60.7 Å². The molecule has 3 atom stereocenters. The summed E-state index contributed by atoms with van der Waals surface area (Å²) in [7, 11) is 0. The van der Waals surface area contributed by atoms with E-state index in [1.54, 1.807) is 18.2 Å². The van der Waals surface area contributed by atoms with Crippen LogP contribution in [-0.2, 0) is 32.1 Å². The molecule has 2 aliphatic rings. The van der Waals surface area contributed by atoms with Crippen LogP contribution in [0.15, 0.2) is 66.7 Å². The molecule has 1 N–H and O–H groups in total. The molecule has 1 aliphatic heterocycles. The van der Waals surface area contributed by atoms with E-state index in [1.165, 1.54) is 15.9 Å². The Balaban J connectivity index is 1.61. The molecule has 7 nitrogen and oxygen atoms in total. The Labute approximate surface area is 229 Å². The molecule has 39 heavy (non-hydrogen) atoms. The lowest BCUT2D eigenvalue weighted by Gasteiger charge is -2.34. The number of halogens is 1. The monoisotopic (exact) mass is 533 g/mol. The molecule has 1 aliphatic carbocycles. The number of carbonyl (C=O) groups excluding carboxylic acids is 4. The van der Waals surface area contributed by atoms with Crippen molar-refractivity contribution in [3.8, 4) is 0 Å². The Morgan fingerprint density at radius 1 is 0.974 bits per heavy atom. The summed E-state index contributed by atoms with van der Waals surface area (Å²) in [5.74, 6) is -2.54. The average Bonchev–Trinajstić information content (AvgIpc) is 3.14. The quantitative estimate of drug-likeness (QED) is 0.390. The maximum atomic E-state index is 14.7. The van der Waals surface area contributed by atoms with Gasteiger partial charge < -0.3 is 10.2 Å². The van der Waals surface area contributed by atoms with E-state index in [9.17, 15) is 23.6 Å². The molecule has 206 valence electrons. The van der Waals surface area contributed by atoms with Gasteiger partial charge in [0.1, 0.15) is 11.9 Å². The first kappa shape index (κ1) is 28.2. The summed E-state index contributed by atoms with van der Waals surface area (Å²) in [5.41, 5.74) is 0.564. The highest BCUT2D eigenvalue weighted by Gasteiger charge is 2.47. The van der Waals surface area contributed by atoms with Crippen molar-refractivity contribution in [3.63, 3.8) is 0 Å². The number of fused-ring (bicyclic) bond motifs is 1. The second-order valence-electron chi connectivity index (χ2n) is 11.3. The van der Waals surface area contributed by atoms with Gasteiger partial charge in [0.15, 0.2) is 0 Å². The van der Waals surface area contributed by atoms with Gasteiger partial charge in [-0.2, -0.15) is 0 Å². The first-order valence-electron chi connectivity index (χ1n) is 13.4. The standard InChI is InChI=1S/C31H36FN3O4/c1-31(2,3)33-28(37)26(19-21-11-5-4-6-12-21)35(20-22-13-7-10-16-25(22)32)27(36)17-18-34-29(38)23-14-8-9-15-24(23)30(34)39/h4-13,16,23-24,26H,14-15,17-20H2,1-3H3,(H,33,37)/t23-,24+,26?. The normalized spacial score (nSPS) is 19.5. The van der Waals surface area contributed by atoms with Crippen molar-refractivity contribution >= 4 is 23.6 Å². The molecule has 0 saturated carbocycles. The molecule has 0 radical (unpaired) electrons. The smallest absolute Gasteiger partial charge is 0.243 e. The molecule has 0 spiro atoms. The van der Waals surface area contributed by atoms with E-state index in [2.05, 4.69) is 5.32 Å². The van der Waals surface area contributed by atoms with Crippen LogP contribution in [0.25, 0.3) is 0 Å². The summed E-state index contributed by atoms with van der Waals surface area (Å²) in [6.45, 7) is 5.36. The molecular weight excluding hydrogens is 497 g/mol. The zero-order valence-electron chi connectivity index (χ0n) is 22.7. The second kappa shape index (κ2) is 11.9. The van der Waals surface area contributed by atoms with Crippen LogP contribution in [-0.4, -0.2) is 51.6 Å². The molecule has 2 aromatic carbocycles. The highest BCUT2D eigenvalue weighted by Crippen LogP contribution is 2.35. The Morgan fingerprint density at radius 2 is 1.56 bits per heavy atom. The first-order valence-corrected chi connectivity index (χ1v) is 13.4. The average molecular weight is 534 g/mol. The molecule has 0 aromatic heterocycles. The number of hydrogen-bond donors (Lipinski definition) is 1. The van der Waals surface area contributed by atoms with Gasteiger partial charge in [-0.3, -0.25) is 24.1 Å². The minimum absolute atomic E-state index is 0.0732. The number of benzene rings is 2. The first-order chi connectivity index (χ1) is 18.5. The Morgan fingerprint density at radius 3 is 2.15 bits per heavy atom. The van der Waals surface area contributed by atoms with Gasteiger partial charge in [0, 0.05) is 37.0 Å². The van der Waals surface area contributed by atoms with Gasteiger partial charge in [-0.05, 0) is 45.2 Å². The maximum absolute atomic E-state index is 14.7. The lowest BCUT2D eigenvalue weighted by atomic mass is 9.85. The molecule has 1 fully saturated rings. The van der Waals surface area contributed by atoms with Crippen LogP contribution >= 0.6 is 0 Å². The predicted molar refractivity (Wildman–Crippen MR) is 145 cm³/mol. The summed E-state index contributed by atoms with van der Waals surface area (Å²) in [6, 6.07) is 14.5. The van der Waals surface area contributed by atoms with Crippen molar-refractivity contribution in [1.82, 2.24) is 15.1 Å². The Bertz CT molecular complexity index is 1230. The summed E-state index contributed by atoms with van der Waals surface area (Å²) < 4.78 is 14.7. The molecule has 2 aromatic rings. The van der Waals surface area contributed by atoms with Crippen LogP contribution in [0.1, 0.15) is 51.2 Å². The van der Waals surface area contributed by atoms with Crippen LogP contribution < -0.4 is 5.32 Å². The van der Waals surface area contributed by atoms with Crippen LogP contribution in [0.2, 0.25) is 0 Å². The van der Waals surface area contributed by atoms with Gasteiger partial charge in [-0.25, -0.2) is 4.39 Å². The van der Waals surface area contributed by atoms with Crippen LogP contribution in [0.4, 0.5) is 4.39 Å². The molecule has 1 saturated heterocycles. The topological polar surface area (TPSA) is 86.8 Å². The van der Waals surface area contributed by atoms with Crippen molar-refractivity contribution in [1.29, 1.82) is 0 Å². The number of nitrogens with zero attached hydrogens (tertiary/aromatic N) is 2. The van der Waals surface area contributed by atoms with Crippen molar-refractivity contribution in [2.75, 3.05) is 6.54 Å².